The normalized spacial score (nSPS) is 12.8. The molecule has 0 saturated carbocycles. The molecule has 2 rings (SSSR count). The van der Waals surface area contributed by atoms with Gasteiger partial charge in [-0.25, -0.2) is 0 Å². The molecule has 0 saturated heterocycles. The number of nitrogens with zero attached hydrogens (tertiary/aromatic N) is 2. The second kappa shape index (κ2) is 5.77. The molecule has 0 aliphatic heterocycles. The summed E-state index contributed by atoms with van der Waals surface area (Å²) >= 11 is 1.45. The second-order valence-electron chi connectivity index (χ2n) is 3.66. The topological polar surface area (TPSA) is 51.0 Å². The molecule has 0 spiro atoms. The predicted octanol–water partition coefficient (Wildman–Crippen LogP) is 2.41. The molecule has 0 aliphatic carbocycles. The first-order valence-electron chi connectivity index (χ1n) is 5.42. The van der Waals surface area contributed by atoms with Gasteiger partial charge in [-0.1, -0.05) is 11.4 Å². The van der Waals surface area contributed by atoms with Gasteiger partial charge >= 0.3 is 0 Å². The smallest absolute Gasteiger partial charge is 0.0935 e. The SMILES string of the molecule is CCCNC(Cc1ccoc1)c1cnns1. The maximum absolute atomic E-state index is 5.08. The highest BCUT2D eigenvalue weighted by Gasteiger charge is 2.14. The van der Waals surface area contributed by atoms with E-state index in [1.54, 1.807) is 12.5 Å². The molecule has 2 heterocycles. The number of hydrogen-bond acceptors (Lipinski definition) is 5. The number of hydrogen-bond donors (Lipinski definition) is 1. The van der Waals surface area contributed by atoms with Gasteiger partial charge in [-0.15, -0.1) is 5.10 Å². The average Bonchev–Trinajstić information content (AvgIpc) is 2.96. The van der Waals surface area contributed by atoms with Gasteiger partial charge in [0.2, 0.25) is 0 Å². The fourth-order valence-electron chi connectivity index (χ4n) is 1.56. The van der Waals surface area contributed by atoms with Crippen LogP contribution < -0.4 is 5.32 Å². The van der Waals surface area contributed by atoms with Crippen molar-refractivity contribution < 1.29 is 4.42 Å². The minimum atomic E-state index is 0.289. The summed E-state index contributed by atoms with van der Waals surface area (Å²) in [6.07, 6.45) is 7.36. The molecule has 0 aliphatic rings. The van der Waals surface area contributed by atoms with Gasteiger partial charge in [0.05, 0.1) is 23.6 Å². The Morgan fingerprint density at radius 1 is 1.56 bits per heavy atom. The third-order valence-electron chi connectivity index (χ3n) is 2.38. The van der Waals surface area contributed by atoms with E-state index in [4.69, 9.17) is 4.42 Å². The Labute approximate surface area is 98.8 Å². The van der Waals surface area contributed by atoms with E-state index in [1.807, 2.05) is 12.3 Å². The summed E-state index contributed by atoms with van der Waals surface area (Å²) in [6, 6.07) is 2.28. The minimum Gasteiger partial charge on any atom is -0.472 e. The van der Waals surface area contributed by atoms with Crippen molar-refractivity contribution in [2.45, 2.75) is 25.8 Å². The first-order valence-corrected chi connectivity index (χ1v) is 6.19. The summed E-state index contributed by atoms with van der Waals surface area (Å²) in [5.74, 6) is 0. The summed E-state index contributed by atoms with van der Waals surface area (Å²) in [4.78, 5) is 1.18. The van der Waals surface area contributed by atoms with Crippen molar-refractivity contribution in [3.8, 4) is 0 Å². The summed E-state index contributed by atoms with van der Waals surface area (Å²) in [5.41, 5.74) is 1.20. The fraction of sp³-hybridized carbons (Fsp3) is 0.455. The maximum atomic E-state index is 5.08. The second-order valence-corrected chi connectivity index (χ2v) is 4.48. The van der Waals surface area contributed by atoms with Gasteiger partial charge in [0.15, 0.2) is 0 Å². The quantitative estimate of drug-likeness (QED) is 0.838. The highest BCUT2D eigenvalue weighted by molar-refractivity contribution is 7.05. The molecule has 2 aromatic heterocycles. The lowest BCUT2D eigenvalue weighted by Crippen LogP contribution is -2.23. The highest BCUT2D eigenvalue weighted by atomic mass is 32.1. The van der Waals surface area contributed by atoms with Crippen molar-refractivity contribution in [3.05, 3.63) is 35.2 Å². The van der Waals surface area contributed by atoms with E-state index in [0.717, 1.165) is 19.4 Å². The van der Waals surface area contributed by atoms with E-state index < -0.39 is 0 Å². The van der Waals surface area contributed by atoms with E-state index in [-0.39, 0.29) is 6.04 Å². The molecule has 2 aromatic rings. The van der Waals surface area contributed by atoms with Gasteiger partial charge in [0, 0.05) is 6.04 Å². The molecule has 0 amide bonds. The Morgan fingerprint density at radius 3 is 3.12 bits per heavy atom. The van der Waals surface area contributed by atoms with Crippen LogP contribution in [0.2, 0.25) is 0 Å². The van der Waals surface area contributed by atoms with E-state index in [2.05, 4.69) is 21.8 Å². The van der Waals surface area contributed by atoms with Crippen LogP contribution in [0.5, 0.6) is 0 Å². The Bertz CT molecular complexity index is 385. The molecule has 0 aromatic carbocycles. The molecule has 5 heteroatoms. The molecular weight excluding hydrogens is 222 g/mol. The molecule has 1 atom stereocenters. The van der Waals surface area contributed by atoms with Crippen LogP contribution in [0, 0.1) is 0 Å². The Morgan fingerprint density at radius 2 is 2.50 bits per heavy atom. The van der Waals surface area contributed by atoms with Gasteiger partial charge in [0.1, 0.15) is 0 Å². The van der Waals surface area contributed by atoms with Crippen LogP contribution in [-0.2, 0) is 6.42 Å². The summed E-state index contributed by atoms with van der Waals surface area (Å²) in [6.45, 7) is 3.16. The molecule has 86 valence electrons. The lowest BCUT2D eigenvalue weighted by Gasteiger charge is -2.14. The maximum Gasteiger partial charge on any atom is 0.0935 e. The number of furan rings is 1. The minimum absolute atomic E-state index is 0.289. The number of rotatable bonds is 6. The zero-order valence-corrected chi connectivity index (χ0v) is 10.0. The van der Waals surface area contributed by atoms with Crippen molar-refractivity contribution >= 4 is 11.5 Å². The van der Waals surface area contributed by atoms with E-state index >= 15 is 0 Å². The average molecular weight is 237 g/mol. The van der Waals surface area contributed by atoms with Gasteiger partial charge in [0.25, 0.3) is 0 Å². The monoisotopic (exact) mass is 237 g/mol. The largest absolute Gasteiger partial charge is 0.472 e. The van der Waals surface area contributed by atoms with Crippen molar-refractivity contribution in [3.63, 3.8) is 0 Å². The third-order valence-corrected chi connectivity index (χ3v) is 3.16. The highest BCUT2D eigenvalue weighted by Crippen LogP contribution is 2.20. The van der Waals surface area contributed by atoms with E-state index in [0.29, 0.717) is 0 Å². The van der Waals surface area contributed by atoms with Crippen LogP contribution in [0.25, 0.3) is 0 Å². The van der Waals surface area contributed by atoms with Gasteiger partial charge in [-0.3, -0.25) is 0 Å². The Balaban J connectivity index is 2.03. The molecule has 0 fully saturated rings. The number of nitrogens with one attached hydrogen (secondary N) is 1. The Hall–Kier alpha value is -1.20. The predicted molar refractivity (Wildman–Crippen MR) is 63.4 cm³/mol. The fourth-order valence-corrected chi connectivity index (χ4v) is 2.14. The zero-order chi connectivity index (χ0) is 11.2. The van der Waals surface area contributed by atoms with E-state index in [1.165, 1.54) is 22.0 Å². The third kappa shape index (κ3) is 2.90. The van der Waals surface area contributed by atoms with E-state index in [9.17, 15) is 0 Å². The lowest BCUT2D eigenvalue weighted by atomic mass is 10.1. The lowest BCUT2D eigenvalue weighted by molar-refractivity contribution is 0.526. The molecule has 0 radical (unpaired) electrons. The molecule has 16 heavy (non-hydrogen) atoms. The molecule has 0 bridgehead atoms. The first-order chi connectivity index (χ1) is 7.90. The van der Waals surface area contributed by atoms with Crippen molar-refractivity contribution in [2.75, 3.05) is 6.54 Å². The van der Waals surface area contributed by atoms with Crippen LogP contribution in [0.15, 0.2) is 29.2 Å². The Kier molecular flexibility index (Phi) is 4.07. The van der Waals surface area contributed by atoms with Crippen molar-refractivity contribution in [2.24, 2.45) is 0 Å². The van der Waals surface area contributed by atoms with Crippen LogP contribution in [0.3, 0.4) is 0 Å². The van der Waals surface area contributed by atoms with Gasteiger partial charge < -0.3 is 9.73 Å². The standard InChI is InChI=1S/C11H15N3OS/c1-2-4-12-10(11-7-13-14-16-11)6-9-3-5-15-8-9/h3,5,7-8,10,12H,2,4,6H2,1H3. The van der Waals surface area contributed by atoms with Crippen molar-refractivity contribution in [1.29, 1.82) is 0 Å². The molecule has 1 unspecified atom stereocenters. The zero-order valence-electron chi connectivity index (χ0n) is 9.22. The van der Waals surface area contributed by atoms with Crippen LogP contribution in [0.1, 0.15) is 29.8 Å². The van der Waals surface area contributed by atoms with Crippen molar-refractivity contribution in [1.82, 2.24) is 14.9 Å². The molecule has 1 N–H and O–H groups in total. The number of aromatic nitrogens is 2. The van der Waals surface area contributed by atoms with Gasteiger partial charge in [-0.05, 0) is 42.5 Å². The molecule has 4 nitrogen and oxygen atoms in total. The van der Waals surface area contributed by atoms with Gasteiger partial charge in [-0.2, -0.15) is 0 Å². The first kappa shape index (κ1) is 11.3. The van der Waals surface area contributed by atoms with Crippen LogP contribution in [0.4, 0.5) is 0 Å². The van der Waals surface area contributed by atoms with Crippen LogP contribution >= 0.6 is 11.5 Å². The summed E-state index contributed by atoms with van der Waals surface area (Å²) < 4.78 is 8.99. The summed E-state index contributed by atoms with van der Waals surface area (Å²) in [7, 11) is 0. The summed E-state index contributed by atoms with van der Waals surface area (Å²) in [5, 5.41) is 7.38. The van der Waals surface area contributed by atoms with Crippen LogP contribution in [-0.4, -0.2) is 16.1 Å². The molecular formula is C11H15N3OS.